The summed E-state index contributed by atoms with van der Waals surface area (Å²) in [7, 11) is 0. The molecule has 2 aromatic heterocycles. The van der Waals surface area contributed by atoms with E-state index in [-0.39, 0.29) is 0 Å². The number of aliphatic imine (C=N–C) groups is 2. The summed E-state index contributed by atoms with van der Waals surface area (Å²) in [5.41, 5.74) is 13.4. The molecule has 0 spiro atoms. The fraction of sp³-hybridized carbons (Fsp3) is 0.0208. The first-order valence-corrected chi connectivity index (χ1v) is 18.0. The number of oxazole rings is 1. The summed E-state index contributed by atoms with van der Waals surface area (Å²) >= 11 is 0. The fourth-order valence-corrected chi connectivity index (χ4v) is 7.97. The minimum atomic E-state index is 0.338. The molecule has 0 fully saturated rings. The van der Waals surface area contributed by atoms with Crippen molar-refractivity contribution in [2.24, 2.45) is 15.7 Å². The highest BCUT2D eigenvalue weighted by atomic mass is 16.3. The van der Waals surface area contributed by atoms with Gasteiger partial charge in [0.25, 0.3) is 0 Å². The second kappa shape index (κ2) is 11.9. The van der Waals surface area contributed by atoms with E-state index in [0.717, 1.165) is 71.5 Å². The fourth-order valence-electron chi connectivity index (χ4n) is 7.97. The maximum Gasteiger partial charge on any atom is 0.227 e. The number of furan rings is 1. The first-order valence-electron chi connectivity index (χ1n) is 18.0. The van der Waals surface area contributed by atoms with E-state index in [1.54, 1.807) is 0 Å². The molecule has 0 aliphatic heterocycles. The minimum absolute atomic E-state index is 0.338. The Hall–Kier alpha value is -7.31. The van der Waals surface area contributed by atoms with Crippen molar-refractivity contribution < 1.29 is 8.83 Å². The van der Waals surface area contributed by atoms with Crippen molar-refractivity contribution in [1.82, 2.24) is 4.98 Å². The van der Waals surface area contributed by atoms with Gasteiger partial charge in [0.15, 0.2) is 11.4 Å². The summed E-state index contributed by atoms with van der Waals surface area (Å²) in [6, 6.07) is 53.9. The van der Waals surface area contributed by atoms with Gasteiger partial charge in [0.1, 0.15) is 22.5 Å². The molecule has 2 heterocycles. The van der Waals surface area contributed by atoms with Gasteiger partial charge in [0.2, 0.25) is 5.89 Å². The van der Waals surface area contributed by atoms with Crippen molar-refractivity contribution in [3.05, 3.63) is 174 Å². The molecule has 0 aliphatic rings. The maximum absolute atomic E-state index is 6.65. The van der Waals surface area contributed by atoms with Crippen LogP contribution in [0.4, 0.5) is 0 Å². The van der Waals surface area contributed by atoms with E-state index in [4.69, 9.17) is 29.5 Å². The Bertz CT molecular complexity index is 3300. The Kier molecular flexibility index (Phi) is 6.67. The number of hydrogen-bond donors (Lipinski definition) is 1. The molecule has 0 bridgehead atoms. The summed E-state index contributed by atoms with van der Waals surface area (Å²) in [6.45, 7) is 0.338. The van der Waals surface area contributed by atoms with Gasteiger partial charge in [-0.15, -0.1) is 0 Å². The highest BCUT2D eigenvalue weighted by molar-refractivity contribution is 6.31. The molecule has 0 unspecified atom stereocenters. The molecule has 11 aromatic rings. The molecule has 6 nitrogen and oxygen atoms in total. The molecule has 0 saturated carbocycles. The third-order valence-corrected chi connectivity index (χ3v) is 10.5. The van der Waals surface area contributed by atoms with Gasteiger partial charge in [-0.2, -0.15) is 0 Å². The highest BCUT2D eigenvalue weighted by Crippen LogP contribution is 2.44. The lowest BCUT2D eigenvalue weighted by Crippen LogP contribution is -2.16. The van der Waals surface area contributed by atoms with Gasteiger partial charge in [-0.05, 0) is 74.3 Å². The number of amidine groups is 2. The van der Waals surface area contributed by atoms with Gasteiger partial charge in [-0.25, -0.2) is 9.98 Å². The Labute approximate surface area is 308 Å². The highest BCUT2D eigenvalue weighted by Gasteiger charge is 2.22. The summed E-state index contributed by atoms with van der Waals surface area (Å²) in [4.78, 5) is 15.1. The lowest BCUT2D eigenvalue weighted by atomic mass is 9.96. The van der Waals surface area contributed by atoms with Gasteiger partial charge in [0, 0.05) is 38.2 Å². The first kappa shape index (κ1) is 30.3. The summed E-state index contributed by atoms with van der Waals surface area (Å²) in [6.07, 6.45) is 0. The number of benzene rings is 9. The van der Waals surface area contributed by atoms with Crippen LogP contribution in [-0.4, -0.2) is 16.7 Å². The third kappa shape index (κ3) is 4.77. The van der Waals surface area contributed by atoms with E-state index < -0.39 is 0 Å². The summed E-state index contributed by atoms with van der Waals surface area (Å²) < 4.78 is 13.0. The first-order chi connectivity index (χ1) is 26.7. The molecular formula is C48H30N4O2. The zero-order valence-corrected chi connectivity index (χ0v) is 29.0. The zero-order valence-electron chi connectivity index (χ0n) is 29.0. The molecule has 254 valence electrons. The van der Waals surface area contributed by atoms with Crippen LogP contribution in [0.15, 0.2) is 177 Å². The Morgan fingerprint density at radius 3 is 2.09 bits per heavy atom. The Morgan fingerprint density at radius 1 is 0.537 bits per heavy atom. The van der Waals surface area contributed by atoms with Crippen LogP contribution in [0, 0.1) is 0 Å². The quantitative estimate of drug-likeness (QED) is 0.110. The Balaban J connectivity index is 1.07. The summed E-state index contributed by atoms with van der Waals surface area (Å²) in [5.74, 6) is 1.53. The van der Waals surface area contributed by atoms with Crippen LogP contribution in [0.2, 0.25) is 0 Å². The average molecular weight is 695 g/mol. The number of fused-ring (bicyclic) bond motifs is 8. The Morgan fingerprint density at radius 2 is 1.24 bits per heavy atom. The van der Waals surface area contributed by atoms with Crippen molar-refractivity contribution in [1.29, 1.82) is 0 Å². The van der Waals surface area contributed by atoms with Gasteiger partial charge in [-0.1, -0.05) is 121 Å². The number of rotatable bonds is 5. The molecule has 11 rings (SSSR count). The van der Waals surface area contributed by atoms with Crippen LogP contribution >= 0.6 is 0 Å². The van der Waals surface area contributed by atoms with E-state index in [1.807, 2.05) is 72.8 Å². The van der Waals surface area contributed by atoms with E-state index in [2.05, 4.69) is 84.9 Å². The monoisotopic (exact) mass is 694 g/mol. The van der Waals surface area contributed by atoms with Gasteiger partial charge in [-0.3, -0.25) is 4.99 Å². The normalized spacial score (nSPS) is 12.8. The van der Waals surface area contributed by atoms with Crippen LogP contribution in [0.25, 0.3) is 87.6 Å². The van der Waals surface area contributed by atoms with Crippen LogP contribution in [0.1, 0.15) is 16.7 Å². The molecule has 0 radical (unpaired) electrons. The maximum atomic E-state index is 6.65. The SMILES string of the molecule is NC(=NC(=NCc1cc2oc3cccc4c5nc(-c6ccccc6)oc5c(c1)c2c34)c1ccc2c(ccc3c4ccccc4ccc23)c1)c1ccccc1. The van der Waals surface area contributed by atoms with Crippen LogP contribution in [0.5, 0.6) is 0 Å². The molecule has 9 aromatic carbocycles. The van der Waals surface area contributed by atoms with Crippen LogP contribution < -0.4 is 5.73 Å². The lowest BCUT2D eigenvalue weighted by Gasteiger charge is -2.10. The third-order valence-electron chi connectivity index (χ3n) is 10.5. The molecule has 6 heteroatoms. The number of hydrogen-bond acceptors (Lipinski definition) is 4. The van der Waals surface area contributed by atoms with E-state index in [0.29, 0.717) is 24.1 Å². The standard InChI is InChI=1S/C48H30N4O2/c49-46(30-11-3-1-4-12-30)52-47(33-20-21-35-32(26-33)19-23-36-34-15-8-7-10-29(34)18-22-37(35)36)50-27-28-24-39-43-41(25-28)53-40-17-9-16-38(42(40)43)44-45(39)54-48(51-44)31-13-5-2-6-14-31/h1-26H,27H2,(H2,49,50,52). The molecule has 0 amide bonds. The minimum Gasteiger partial charge on any atom is -0.456 e. The van der Waals surface area contributed by atoms with Gasteiger partial charge < -0.3 is 14.6 Å². The molecule has 0 atom stereocenters. The van der Waals surface area contributed by atoms with Crippen molar-refractivity contribution in [3.63, 3.8) is 0 Å². The van der Waals surface area contributed by atoms with E-state index in [9.17, 15) is 0 Å². The molecule has 0 aliphatic carbocycles. The molecule has 2 N–H and O–H groups in total. The lowest BCUT2D eigenvalue weighted by molar-refractivity contribution is 0.623. The van der Waals surface area contributed by atoms with E-state index >= 15 is 0 Å². The zero-order chi connectivity index (χ0) is 35.8. The van der Waals surface area contributed by atoms with Crippen LogP contribution in [-0.2, 0) is 6.54 Å². The molecule has 0 saturated heterocycles. The largest absolute Gasteiger partial charge is 0.456 e. The average Bonchev–Trinajstić information content (AvgIpc) is 3.85. The van der Waals surface area contributed by atoms with Crippen molar-refractivity contribution in [2.75, 3.05) is 0 Å². The van der Waals surface area contributed by atoms with Gasteiger partial charge >= 0.3 is 0 Å². The van der Waals surface area contributed by atoms with E-state index in [1.165, 1.54) is 26.9 Å². The predicted octanol–water partition coefficient (Wildman–Crippen LogP) is 11.8. The number of aromatic nitrogens is 1. The van der Waals surface area contributed by atoms with Gasteiger partial charge in [0.05, 0.1) is 6.54 Å². The second-order valence-electron chi connectivity index (χ2n) is 13.7. The number of nitrogens with two attached hydrogens (primary N) is 1. The predicted molar refractivity (Wildman–Crippen MR) is 222 cm³/mol. The molecule has 54 heavy (non-hydrogen) atoms. The van der Waals surface area contributed by atoms with Crippen molar-refractivity contribution in [2.45, 2.75) is 6.54 Å². The second-order valence-corrected chi connectivity index (χ2v) is 13.7. The number of nitrogens with zero attached hydrogens (tertiary/aromatic N) is 3. The van der Waals surface area contributed by atoms with Crippen LogP contribution in [0.3, 0.4) is 0 Å². The molecular weight excluding hydrogens is 665 g/mol. The summed E-state index contributed by atoms with van der Waals surface area (Å²) in [5, 5.41) is 11.2. The topological polar surface area (TPSA) is 89.9 Å². The van der Waals surface area contributed by atoms with Crippen molar-refractivity contribution >= 4 is 87.8 Å². The van der Waals surface area contributed by atoms with Crippen molar-refractivity contribution in [3.8, 4) is 11.5 Å². The smallest absolute Gasteiger partial charge is 0.227 e.